The van der Waals surface area contributed by atoms with Gasteiger partial charge in [0, 0.05) is 18.7 Å². The summed E-state index contributed by atoms with van der Waals surface area (Å²) < 4.78 is 10.1. The molecule has 78 valence electrons. The minimum atomic E-state index is 0.394. The van der Waals surface area contributed by atoms with Crippen LogP contribution < -0.4 is 5.73 Å². The number of methoxy groups -OCH3 is 1. The van der Waals surface area contributed by atoms with Crippen LogP contribution in [0.1, 0.15) is 5.56 Å². The first-order valence-corrected chi connectivity index (χ1v) is 4.60. The van der Waals surface area contributed by atoms with Crippen LogP contribution in [0.15, 0.2) is 34.9 Å². The highest BCUT2D eigenvalue weighted by molar-refractivity contribution is 5.60. The minimum Gasteiger partial charge on any atom is -0.381 e. The molecule has 0 aliphatic heterocycles. The molecule has 0 saturated carbocycles. The largest absolute Gasteiger partial charge is 0.381 e. The van der Waals surface area contributed by atoms with E-state index >= 15 is 0 Å². The lowest BCUT2D eigenvalue weighted by atomic mass is 10.1. The second-order valence-corrected chi connectivity index (χ2v) is 3.25. The molecule has 0 radical (unpaired) electrons. The van der Waals surface area contributed by atoms with E-state index in [1.54, 1.807) is 13.2 Å². The van der Waals surface area contributed by atoms with Gasteiger partial charge in [-0.15, -0.1) is 0 Å². The fourth-order valence-corrected chi connectivity index (χ4v) is 1.36. The third kappa shape index (κ3) is 2.16. The Hall–Kier alpha value is -1.81. The summed E-state index contributed by atoms with van der Waals surface area (Å²) in [6.45, 7) is 0.610. The molecule has 1 aromatic heterocycles. The Kier molecular flexibility index (Phi) is 2.69. The number of nitrogens with two attached hydrogens (primary N) is 1. The molecule has 0 atom stereocenters. The molecular formula is C11H12N2O2. The Bertz CT molecular complexity index is 434. The Morgan fingerprint density at radius 2 is 2.07 bits per heavy atom. The first kappa shape index (κ1) is 9.73. The van der Waals surface area contributed by atoms with Gasteiger partial charge in [-0.25, -0.2) is 0 Å². The quantitative estimate of drug-likeness (QED) is 0.831. The Morgan fingerprint density at radius 3 is 2.60 bits per heavy atom. The van der Waals surface area contributed by atoms with Crippen LogP contribution in [-0.4, -0.2) is 12.3 Å². The van der Waals surface area contributed by atoms with Gasteiger partial charge in [0.15, 0.2) is 11.6 Å². The Balaban J connectivity index is 2.23. The van der Waals surface area contributed by atoms with E-state index in [1.807, 2.05) is 24.3 Å². The molecule has 0 fully saturated rings. The van der Waals surface area contributed by atoms with E-state index in [1.165, 1.54) is 0 Å². The van der Waals surface area contributed by atoms with Crippen LogP contribution in [0.5, 0.6) is 0 Å². The molecule has 15 heavy (non-hydrogen) atoms. The van der Waals surface area contributed by atoms with E-state index in [0.29, 0.717) is 18.2 Å². The molecule has 0 unspecified atom stereocenters. The molecule has 0 spiro atoms. The van der Waals surface area contributed by atoms with Gasteiger partial charge in [0.1, 0.15) is 0 Å². The molecule has 4 heteroatoms. The maximum atomic E-state index is 5.47. The number of benzene rings is 1. The number of hydrogen-bond donors (Lipinski definition) is 1. The lowest BCUT2D eigenvalue weighted by molar-refractivity contribution is 0.185. The molecular weight excluding hydrogens is 192 g/mol. The smallest absolute Gasteiger partial charge is 0.169 e. The molecule has 1 heterocycles. The van der Waals surface area contributed by atoms with E-state index in [-0.39, 0.29) is 0 Å². The molecule has 0 amide bonds. The number of aromatic nitrogens is 1. The highest BCUT2D eigenvalue weighted by atomic mass is 16.5. The third-order valence-corrected chi connectivity index (χ3v) is 2.08. The Morgan fingerprint density at radius 1 is 1.33 bits per heavy atom. The van der Waals surface area contributed by atoms with Gasteiger partial charge in [-0.05, 0) is 5.56 Å². The number of ether oxygens (including phenoxy) is 1. The predicted octanol–water partition coefficient (Wildman–Crippen LogP) is 2.07. The molecule has 0 saturated heterocycles. The first-order chi connectivity index (χ1) is 7.29. The van der Waals surface area contributed by atoms with Crippen LogP contribution in [0.25, 0.3) is 11.3 Å². The van der Waals surface area contributed by atoms with Crippen molar-refractivity contribution in [2.75, 3.05) is 12.8 Å². The van der Waals surface area contributed by atoms with E-state index in [0.717, 1.165) is 11.1 Å². The summed E-state index contributed by atoms with van der Waals surface area (Å²) in [5.74, 6) is 1.07. The summed E-state index contributed by atoms with van der Waals surface area (Å²) in [5.41, 5.74) is 7.55. The van der Waals surface area contributed by atoms with Crippen molar-refractivity contribution in [3.8, 4) is 11.3 Å². The zero-order valence-electron chi connectivity index (χ0n) is 8.43. The number of rotatable bonds is 3. The molecule has 0 bridgehead atoms. The Labute approximate surface area is 87.6 Å². The van der Waals surface area contributed by atoms with Crippen LogP contribution in [0.2, 0.25) is 0 Å². The van der Waals surface area contributed by atoms with Crippen LogP contribution in [0.3, 0.4) is 0 Å². The number of anilines is 1. The second-order valence-electron chi connectivity index (χ2n) is 3.25. The van der Waals surface area contributed by atoms with E-state index in [2.05, 4.69) is 5.16 Å². The maximum absolute atomic E-state index is 5.47. The number of nitrogen functional groups attached to an aromatic ring is 1. The average Bonchev–Trinajstić information content (AvgIpc) is 2.67. The predicted molar refractivity (Wildman–Crippen MR) is 57.1 cm³/mol. The molecule has 2 aromatic rings. The van der Waals surface area contributed by atoms with Crippen LogP contribution in [0, 0.1) is 0 Å². The highest BCUT2D eigenvalue weighted by Crippen LogP contribution is 2.21. The van der Waals surface area contributed by atoms with Gasteiger partial charge < -0.3 is 15.0 Å². The monoisotopic (exact) mass is 204 g/mol. The summed E-state index contributed by atoms with van der Waals surface area (Å²) in [4.78, 5) is 0. The highest BCUT2D eigenvalue weighted by Gasteiger charge is 2.03. The molecule has 4 nitrogen and oxygen atoms in total. The van der Waals surface area contributed by atoms with Crippen molar-refractivity contribution in [1.29, 1.82) is 0 Å². The second kappa shape index (κ2) is 4.14. The SMILES string of the molecule is COCc1ccc(-c2cc(N)no2)cc1. The lowest BCUT2D eigenvalue weighted by Crippen LogP contribution is -1.86. The maximum Gasteiger partial charge on any atom is 0.169 e. The third-order valence-electron chi connectivity index (χ3n) is 2.08. The van der Waals surface area contributed by atoms with Gasteiger partial charge in [0.05, 0.1) is 6.61 Å². The zero-order chi connectivity index (χ0) is 10.7. The molecule has 1 aromatic carbocycles. The van der Waals surface area contributed by atoms with Gasteiger partial charge >= 0.3 is 0 Å². The summed E-state index contributed by atoms with van der Waals surface area (Å²) in [6, 6.07) is 9.57. The van der Waals surface area contributed by atoms with Crippen molar-refractivity contribution < 1.29 is 9.26 Å². The molecule has 0 aliphatic rings. The number of nitrogens with zero attached hydrogens (tertiary/aromatic N) is 1. The average molecular weight is 204 g/mol. The fourth-order valence-electron chi connectivity index (χ4n) is 1.36. The van der Waals surface area contributed by atoms with Crippen molar-refractivity contribution in [3.05, 3.63) is 35.9 Å². The van der Waals surface area contributed by atoms with Gasteiger partial charge in [-0.2, -0.15) is 0 Å². The number of hydrogen-bond acceptors (Lipinski definition) is 4. The van der Waals surface area contributed by atoms with Gasteiger partial charge in [0.2, 0.25) is 0 Å². The topological polar surface area (TPSA) is 61.3 Å². The molecule has 2 rings (SSSR count). The zero-order valence-corrected chi connectivity index (χ0v) is 8.43. The standard InChI is InChI=1S/C11H12N2O2/c1-14-7-8-2-4-9(5-3-8)10-6-11(12)13-15-10/h2-6H,7H2,1H3,(H2,12,13). The van der Waals surface area contributed by atoms with Crippen LogP contribution in [-0.2, 0) is 11.3 Å². The summed E-state index contributed by atoms with van der Waals surface area (Å²) >= 11 is 0. The van der Waals surface area contributed by atoms with E-state index < -0.39 is 0 Å². The summed E-state index contributed by atoms with van der Waals surface area (Å²) in [6.07, 6.45) is 0. The van der Waals surface area contributed by atoms with Gasteiger partial charge in [0.25, 0.3) is 0 Å². The van der Waals surface area contributed by atoms with Crippen LogP contribution in [0.4, 0.5) is 5.82 Å². The van der Waals surface area contributed by atoms with Crippen molar-refractivity contribution in [2.24, 2.45) is 0 Å². The normalized spacial score (nSPS) is 10.5. The van der Waals surface area contributed by atoms with Gasteiger partial charge in [-0.3, -0.25) is 0 Å². The van der Waals surface area contributed by atoms with Crippen molar-refractivity contribution in [1.82, 2.24) is 5.16 Å². The summed E-state index contributed by atoms with van der Waals surface area (Å²) in [7, 11) is 1.67. The van der Waals surface area contributed by atoms with Gasteiger partial charge in [-0.1, -0.05) is 29.4 Å². The van der Waals surface area contributed by atoms with Crippen molar-refractivity contribution in [2.45, 2.75) is 6.61 Å². The lowest BCUT2D eigenvalue weighted by Gasteiger charge is -2.00. The molecule has 2 N–H and O–H groups in total. The van der Waals surface area contributed by atoms with E-state index in [9.17, 15) is 0 Å². The summed E-state index contributed by atoms with van der Waals surface area (Å²) in [5, 5.41) is 3.63. The van der Waals surface area contributed by atoms with Crippen LogP contribution >= 0.6 is 0 Å². The van der Waals surface area contributed by atoms with Crippen molar-refractivity contribution >= 4 is 5.82 Å². The van der Waals surface area contributed by atoms with E-state index in [4.69, 9.17) is 15.0 Å². The minimum absolute atomic E-state index is 0.394. The first-order valence-electron chi connectivity index (χ1n) is 4.60. The van der Waals surface area contributed by atoms with Crippen molar-refractivity contribution in [3.63, 3.8) is 0 Å². The fraction of sp³-hybridized carbons (Fsp3) is 0.182. The molecule has 0 aliphatic carbocycles.